The van der Waals surface area contributed by atoms with Gasteiger partial charge in [0.2, 0.25) is 5.91 Å². The van der Waals surface area contributed by atoms with Gasteiger partial charge < -0.3 is 14.5 Å². The fourth-order valence-corrected chi connectivity index (χ4v) is 2.72. The third-order valence-electron chi connectivity index (χ3n) is 4.25. The number of carbonyl (C=O) groups is 1. The van der Waals surface area contributed by atoms with Crippen LogP contribution in [0.2, 0.25) is 0 Å². The summed E-state index contributed by atoms with van der Waals surface area (Å²) in [7, 11) is 0. The van der Waals surface area contributed by atoms with Crippen LogP contribution in [0, 0.1) is 5.92 Å². The maximum Gasteiger partial charge on any atom is 0.223 e. The Labute approximate surface area is 136 Å². The van der Waals surface area contributed by atoms with E-state index in [1.54, 1.807) is 6.26 Å². The second kappa shape index (κ2) is 6.90. The van der Waals surface area contributed by atoms with Crippen molar-refractivity contribution in [2.45, 2.75) is 32.1 Å². The Bertz CT molecular complexity index is 631. The van der Waals surface area contributed by atoms with Crippen LogP contribution in [-0.2, 0) is 4.79 Å². The van der Waals surface area contributed by atoms with Crippen molar-refractivity contribution in [2.75, 3.05) is 13.2 Å². The lowest BCUT2D eigenvalue weighted by Gasteiger charge is -2.09. The molecule has 2 atom stereocenters. The molecule has 23 heavy (non-hydrogen) atoms. The van der Waals surface area contributed by atoms with Gasteiger partial charge in [0, 0.05) is 11.8 Å². The van der Waals surface area contributed by atoms with Crippen LogP contribution in [0.15, 0.2) is 47.1 Å². The second-order valence-corrected chi connectivity index (χ2v) is 6.33. The van der Waals surface area contributed by atoms with Crippen molar-refractivity contribution in [1.29, 1.82) is 0 Å². The SMILES string of the molecule is CC(C)c1ccc(OCCNC(=O)C2CC2c2ccco2)cc1. The van der Waals surface area contributed by atoms with Crippen molar-refractivity contribution in [3.8, 4) is 5.75 Å². The number of ether oxygens (including phenoxy) is 1. The number of nitrogens with one attached hydrogen (secondary N) is 1. The molecule has 1 aromatic carbocycles. The highest BCUT2D eigenvalue weighted by Gasteiger charge is 2.45. The van der Waals surface area contributed by atoms with E-state index >= 15 is 0 Å². The molecule has 1 heterocycles. The zero-order chi connectivity index (χ0) is 16.2. The number of furan rings is 1. The summed E-state index contributed by atoms with van der Waals surface area (Å²) < 4.78 is 11.0. The van der Waals surface area contributed by atoms with Crippen LogP contribution in [0.1, 0.15) is 43.4 Å². The first kappa shape index (κ1) is 15.7. The maximum absolute atomic E-state index is 12.0. The van der Waals surface area contributed by atoms with E-state index in [0.717, 1.165) is 17.9 Å². The Morgan fingerprint density at radius 2 is 2.09 bits per heavy atom. The Morgan fingerprint density at radius 3 is 2.74 bits per heavy atom. The molecule has 0 saturated heterocycles. The lowest BCUT2D eigenvalue weighted by molar-refractivity contribution is -0.122. The average Bonchev–Trinajstić information content (AvgIpc) is 3.17. The summed E-state index contributed by atoms with van der Waals surface area (Å²) in [4.78, 5) is 12.0. The predicted molar refractivity (Wildman–Crippen MR) is 88.6 cm³/mol. The molecule has 1 amide bonds. The van der Waals surface area contributed by atoms with Gasteiger partial charge in [-0.1, -0.05) is 26.0 Å². The third kappa shape index (κ3) is 3.95. The normalized spacial score (nSPS) is 19.6. The van der Waals surface area contributed by atoms with Gasteiger partial charge in [0.1, 0.15) is 18.1 Å². The summed E-state index contributed by atoms with van der Waals surface area (Å²) in [5.74, 6) is 2.64. The van der Waals surface area contributed by atoms with E-state index in [1.165, 1.54) is 5.56 Å². The van der Waals surface area contributed by atoms with Crippen LogP contribution in [0.5, 0.6) is 5.75 Å². The first-order chi connectivity index (χ1) is 11.1. The number of hydrogen-bond donors (Lipinski definition) is 1. The molecule has 122 valence electrons. The van der Waals surface area contributed by atoms with Gasteiger partial charge in [-0.15, -0.1) is 0 Å². The Morgan fingerprint density at radius 1 is 1.30 bits per heavy atom. The molecule has 0 spiro atoms. The monoisotopic (exact) mass is 313 g/mol. The Balaban J connectivity index is 1.36. The van der Waals surface area contributed by atoms with Crippen LogP contribution >= 0.6 is 0 Å². The standard InChI is InChI=1S/C19H23NO3/c1-13(2)14-5-7-15(8-6-14)22-11-9-20-19(21)17-12-16(17)18-4-3-10-23-18/h3-8,10,13,16-17H,9,11-12H2,1-2H3,(H,20,21). The molecule has 2 unspecified atom stereocenters. The van der Waals surface area contributed by atoms with Crippen LogP contribution in [0.3, 0.4) is 0 Å². The molecule has 0 radical (unpaired) electrons. The molecule has 4 heteroatoms. The van der Waals surface area contributed by atoms with Gasteiger partial charge in [-0.25, -0.2) is 0 Å². The predicted octanol–water partition coefficient (Wildman–Crippen LogP) is 3.70. The van der Waals surface area contributed by atoms with Crippen LogP contribution in [0.4, 0.5) is 0 Å². The molecule has 0 aliphatic heterocycles. The minimum atomic E-state index is 0.0477. The number of benzene rings is 1. The van der Waals surface area contributed by atoms with E-state index < -0.39 is 0 Å². The van der Waals surface area contributed by atoms with Crippen molar-refractivity contribution in [1.82, 2.24) is 5.32 Å². The van der Waals surface area contributed by atoms with Crippen molar-refractivity contribution < 1.29 is 13.9 Å². The molecule has 1 fully saturated rings. The van der Waals surface area contributed by atoms with Crippen molar-refractivity contribution in [3.63, 3.8) is 0 Å². The lowest BCUT2D eigenvalue weighted by atomic mass is 10.0. The third-order valence-corrected chi connectivity index (χ3v) is 4.25. The maximum atomic E-state index is 12.0. The molecule has 0 bridgehead atoms. The van der Waals surface area contributed by atoms with E-state index in [0.29, 0.717) is 19.1 Å². The van der Waals surface area contributed by atoms with Gasteiger partial charge in [0.15, 0.2) is 0 Å². The van der Waals surface area contributed by atoms with E-state index in [-0.39, 0.29) is 17.7 Å². The smallest absolute Gasteiger partial charge is 0.223 e. The van der Waals surface area contributed by atoms with Gasteiger partial charge in [-0.3, -0.25) is 4.79 Å². The number of carbonyl (C=O) groups excluding carboxylic acids is 1. The second-order valence-electron chi connectivity index (χ2n) is 6.33. The fourth-order valence-electron chi connectivity index (χ4n) is 2.72. The summed E-state index contributed by atoms with van der Waals surface area (Å²) in [6.45, 7) is 5.33. The molecule has 1 aromatic heterocycles. The zero-order valence-corrected chi connectivity index (χ0v) is 13.6. The molecule has 3 rings (SSSR count). The molecule has 1 N–H and O–H groups in total. The topological polar surface area (TPSA) is 51.5 Å². The highest BCUT2D eigenvalue weighted by Crippen LogP contribution is 2.47. The molecule has 1 aliphatic carbocycles. The Hall–Kier alpha value is -2.23. The van der Waals surface area contributed by atoms with E-state index in [4.69, 9.17) is 9.15 Å². The number of hydrogen-bond acceptors (Lipinski definition) is 3. The first-order valence-corrected chi connectivity index (χ1v) is 8.19. The zero-order valence-electron chi connectivity index (χ0n) is 13.6. The van der Waals surface area contributed by atoms with E-state index in [9.17, 15) is 4.79 Å². The van der Waals surface area contributed by atoms with Gasteiger partial charge in [0.25, 0.3) is 0 Å². The number of rotatable bonds is 7. The van der Waals surface area contributed by atoms with E-state index in [2.05, 4.69) is 31.3 Å². The largest absolute Gasteiger partial charge is 0.492 e. The van der Waals surface area contributed by atoms with Crippen LogP contribution < -0.4 is 10.1 Å². The van der Waals surface area contributed by atoms with Crippen LogP contribution in [-0.4, -0.2) is 19.1 Å². The van der Waals surface area contributed by atoms with Crippen LogP contribution in [0.25, 0.3) is 0 Å². The first-order valence-electron chi connectivity index (χ1n) is 8.19. The highest BCUT2D eigenvalue weighted by molar-refractivity contribution is 5.82. The fraction of sp³-hybridized carbons (Fsp3) is 0.421. The Kier molecular flexibility index (Phi) is 4.70. The van der Waals surface area contributed by atoms with Gasteiger partial charge in [0.05, 0.1) is 12.8 Å². The molecular formula is C19H23NO3. The summed E-state index contributed by atoms with van der Waals surface area (Å²) >= 11 is 0. The van der Waals surface area contributed by atoms with E-state index in [1.807, 2.05) is 24.3 Å². The molecule has 2 aromatic rings. The van der Waals surface area contributed by atoms with Crippen molar-refractivity contribution in [2.24, 2.45) is 5.92 Å². The van der Waals surface area contributed by atoms with Crippen molar-refractivity contribution in [3.05, 3.63) is 54.0 Å². The number of amides is 1. The summed E-state index contributed by atoms with van der Waals surface area (Å²) in [6.07, 6.45) is 2.53. The molecule has 1 aliphatic rings. The molecular weight excluding hydrogens is 290 g/mol. The average molecular weight is 313 g/mol. The highest BCUT2D eigenvalue weighted by atomic mass is 16.5. The quantitative estimate of drug-likeness (QED) is 0.793. The molecule has 4 nitrogen and oxygen atoms in total. The van der Waals surface area contributed by atoms with Gasteiger partial charge >= 0.3 is 0 Å². The molecule has 1 saturated carbocycles. The summed E-state index contributed by atoms with van der Waals surface area (Å²) in [6, 6.07) is 11.9. The summed E-state index contributed by atoms with van der Waals surface area (Å²) in [5.41, 5.74) is 1.29. The summed E-state index contributed by atoms with van der Waals surface area (Å²) in [5, 5.41) is 2.93. The minimum absolute atomic E-state index is 0.0477. The van der Waals surface area contributed by atoms with Crippen molar-refractivity contribution >= 4 is 5.91 Å². The lowest BCUT2D eigenvalue weighted by Crippen LogP contribution is -2.29. The van der Waals surface area contributed by atoms with Gasteiger partial charge in [-0.2, -0.15) is 0 Å². The minimum Gasteiger partial charge on any atom is -0.492 e. The van der Waals surface area contributed by atoms with Gasteiger partial charge in [-0.05, 0) is 42.2 Å².